The van der Waals surface area contributed by atoms with Gasteiger partial charge in [-0.15, -0.1) is 0 Å². The molecule has 0 aromatic rings. The average Bonchev–Trinajstić information content (AvgIpc) is 2.72. The Morgan fingerprint density at radius 2 is 1.91 bits per heavy atom. The molecule has 22 heavy (non-hydrogen) atoms. The van der Waals surface area contributed by atoms with Gasteiger partial charge in [-0.25, -0.2) is 0 Å². The van der Waals surface area contributed by atoms with Gasteiger partial charge in [0.2, 0.25) is 0 Å². The van der Waals surface area contributed by atoms with Gasteiger partial charge in [0.15, 0.2) is 5.78 Å². The molecule has 4 aliphatic carbocycles. The molecule has 0 spiro atoms. The van der Waals surface area contributed by atoms with Gasteiger partial charge in [-0.2, -0.15) is 0 Å². The van der Waals surface area contributed by atoms with Crippen LogP contribution in [0.1, 0.15) is 52.4 Å². The zero-order chi connectivity index (χ0) is 15.7. The Balaban J connectivity index is 1.76. The first kappa shape index (κ1) is 14.6. The fourth-order valence-corrected chi connectivity index (χ4v) is 5.83. The van der Waals surface area contributed by atoms with E-state index in [-0.39, 0.29) is 28.8 Å². The second-order valence-corrected chi connectivity index (χ2v) is 8.47. The molecule has 0 amide bonds. The van der Waals surface area contributed by atoms with E-state index in [1.807, 2.05) is 0 Å². The van der Waals surface area contributed by atoms with E-state index in [1.165, 1.54) is 11.1 Å². The molecule has 3 heteroatoms. The number of hydrogen-bond acceptors (Lipinski definition) is 3. The van der Waals surface area contributed by atoms with Gasteiger partial charge in [-0.3, -0.25) is 4.79 Å². The number of carbonyl (C=O) groups is 1. The number of nitrogens with two attached hydrogens (primary N) is 1. The van der Waals surface area contributed by atoms with Crippen molar-refractivity contribution in [2.24, 2.45) is 28.4 Å². The molecule has 0 heterocycles. The lowest BCUT2D eigenvalue weighted by molar-refractivity contribution is -0.119. The molecule has 3 fully saturated rings. The molecule has 3 nitrogen and oxygen atoms in total. The van der Waals surface area contributed by atoms with Gasteiger partial charge < -0.3 is 10.8 Å². The third kappa shape index (κ3) is 1.73. The highest BCUT2D eigenvalue weighted by Crippen LogP contribution is 2.62. The van der Waals surface area contributed by atoms with E-state index in [0.717, 1.165) is 32.1 Å². The summed E-state index contributed by atoms with van der Waals surface area (Å²) in [7, 11) is 0. The Morgan fingerprint density at radius 3 is 2.68 bits per heavy atom. The highest BCUT2D eigenvalue weighted by atomic mass is 16.3. The number of rotatable bonds is 0. The van der Waals surface area contributed by atoms with Gasteiger partial charge >= 0.3 is 0 Å². The topological polar surface area (TPSA) is 63.3 Å². The highest BCUT2D eigenvalue weighted by molar-refractivity contribution is 5.88. The fourth-order valence-electron chi connectivity index (χ4n) is 5.83. The lowest BCUT2D eigenvalue weighted by Gasteiger charge is -2.54. The van der Waals surface area contributed by atoms with Crippen LogP contribution in [0.15, 0.2) is 23.3 Å². The van der Waals surface area contributed by atoms with Crippen LogP contribution < -0.4 is 5.73 Å². The molecule has 6 atom stereocenters. The van der Waals surface area contributed by atoms with Gasteiger partial charge in [0, 0.05) is 6.42 Å². The van der Waals surface area contributed by atoms with E-state index in [4.69, 9.17) is 5.73 Å². The number of carbonyl (C=O) groups excluding carboxylic acids is 1. The van der Waals surface area contributed by atoms with Crippen LogP contribution in [0.5, 0.6) is 0 Å². The van der Waals surface area contributed by atoms with Crippen LogP contribution in [-0.4, -0.2) is 23.0 Å². The SMILES string of the molecule is C[C@]12CC[C@H]3C(=CC=C4C[C@@H](O)CC[C@@]43C)[C@@H]1CC(=O)[C@@H]2N. The minimum absolute atomic E-state index is 0.0463. The second kappa shape index (κ2) is 4.55. The molecule has 0 saturated heterocycles. The Hall–Kier alpha value is -0.930. The summed E-state index contributed by atoms with van der Waals surface area (Å²) < 4.78 is 0. The van der Waals surface area contributed by atoms with Crippen LogP contribution in [0.2, 0.25) is 0 Å². The number of fused-ring (bicyclic) bond motifs is 5. The van der Waals surface area contributed by atoms with E-state index < -0.39 is 0 Å². The Bertz CT molecular complexity index is 592. The van der Waals surface area contributed by atoms with Crippen molar-refractivity contribution in [3.8, 4) is 0 Å². The van der Waals surface area contributed by atoms with E-state index >= 15 is 0 Å². The molecule has 120 valence electrons. The molecular formula is C19H27NO2. The van der Waals surface area contributed by atoms with E-state index in [2.05, 4.69) is 26.0 Å². The lowest BCUT2D eigenvalue weighted by Crippen LogP contribution is -2.49. The molecule has 0 aliphatic heterocycles. The monoisotopic (exact) mass is 301 g/mol. The fraction of sp³-hybridized carbons (Fsp3) is 0.737. The van der Waals surface area contributed by atoms with Crippen molar-refractivity contribution >= 4 is 5.78 Å². The number of ketones is 1. The molecule has 3 N–H and O–H groups in total. The summed E-state index contributed by atoms with van der Waals surface area (Å²) in [6.45, 7) is 4.60. The van der Waals surface area contributed by atoms with Gasteiger partial charge in [0.1, 0.15) is 0 Å². The van der Waals surface area contributed by atoms with Gasteiger partial charge in [0.25, 0.3) is 0 Å². The predicted octanol–water partition coefficient (Wildman–Crippen LogP) is 2.74. The van der Waals surface area contributed by atoms with Crippen molar-refractivity contribution in [1.82, 2.24) is 0 Å². The van der Waals surface area contributed by atoms with Crippen molar-refractivity contribution < 1.29 is 9.90 Å². The van der Waals surface area contributed by atoms with Crippen LogP contribution >= 0.6 is 0 Å². The van der Waals surface area contributed by atoms with Gasteiger partial charge in [-0.1, -0.05) is 37.1 Å². The predicted molar refractivity (Wildman–Crippen MR) is 86.1 cm³/mol. The van der Waals surface area contributed by atoms with Crippen LogP contribution in [0, 0.1) is 22.7 Å². The van der Waals surface area contributed by atoms with E-state index in [0.29, 0.717) is 18.3 Å². The summed E-state index contributed by atoms with van der Waals surface area (Å²) >= 11 is 0. The Morgan fingerprint density at radius 1 is 1.14 bits per heavy atom. The number of Topliss-reactive ketones (excluding diaryl/α,β-unsaturated/α-hetero) is 1. The summed E-state index contributed by atoms with van der Waals surface area (Å²) in [4.78, 5) is 12.2. The molecule has 0 bridgehead atoms. The number of aliphatic hydroxyl groups is 1. The second-order valence-electron chi connectivity index (χ2n) is 8.47. The minimum atomic E-state index is -0.286. The smallest absolute Gasteiger partial charge is 0.150 e. The number of aliphatic hydroxyl groups excluding tert-OH is 1. The molecule has 4 rings (SSSR count). The molecule has 0 unspecified atom stereocenters. The molecule has 4 aliphatic rings. The van der Waals surface area contributed by atoms with Crippen molar-refractivity contribution in [1.29, 1.82) is 0 Å². The molecule has 3 saturated carbocycles. The minimum Gasteiger partial charge on any atom is -0.393 e. The number of hydrogen-bond donors (Lipinski definition) is 2. The van der Waals surface area contributed by atoms with Crippen molar-refractivity contribution in [2.45, 2.75) is 64.5 Å². The first-order valence-corrected chi connectivity index (χ1v) is 8.74. The number of allylic oxidation sites excluding steroid dienone is 3. The van der Waals surface area contributed by atoms with Crippen LogP contribution in [-0.2, 0) is 4.79 Å². The zero-order valence-electron chi connectivity index (χ0n) is 13.6. The molecule has 0 aromatic heterocycles. The first-order chi connectivity index (χ1) is 10.4. The summed E-state index contributed by atoms with van der Waals surface area (Å²) in [5.41, 5.74) is 9.27. The standard InChI is InChI=1S/C19H27NO2/c1-18-7-5-12(21)9-11(18)3-4-13-14(18)6-8-19(2)15(13)10-16(22)17(19)20/h3-4,12,14-15,17,21H,5-10,20H2,1-2H3/t12-,14-,15-,17-,18-,19-/m0/s1. The summed E-state index contributed by atoms with van der Waals surface area (Å²) in [5.74, 6) is 1.11. The zero-order valence-corrected chi connectivity index (χ0v) is 13.6. The summed E-state index contributed by atoms with van der Waals surface area (Å²) in [5, 5.41) is 10.00. The molecular weight excluding hydrogens is 274 g/mol. The van der Waals surface area contributed by atoms with E-state index in [9.17, 15) is 9.90 Å². The molecule has 0 aromatic carbocycles. The normalized spacial score (nSPS) is 50.6. The maximum absolute atomic E-state index is 12.2. The maximum Gasteiger partial charge on any atom is 0.150 e. The van der Waals surface area contributed by atoms with Crippen molar-refractivity contribution in [2.75, 3.05) is 0 Å². The highest BCUT2D eigenvalue weighted by Gasteiger charge is 2.58. The summed E-state index contributed by atoms with van der Waals surface area (Å²) in [6.07, 6.45) is 9.93. The third-order valence-corrected chi connectivity index (χ3v) is 7.47. The summed E-state index contributed by atoms with van der Waals surface area (Å²) in [6, 6.07) is -0.286. The Kier molecular flexibility index (Phi) is 3.03. The lowest BCUT2D eigenvalue weighted by atomic mass is 9.51. The maximum atomic E-state index is 12.2. The van der Waals surface area contributed by atoms with Gasteiger partial charge in [-0.05, 0) is 54.8 Å². The van der Waals surface area contributed by atoms with E-state index in [1.54, 1.807) is 0 Å². The largest absolute Gasteiger partial charge is 0.393 e. The van der Waals surface area contributed by atoms with Crippen molar-refractivity contribution in [3.05, 3.63) is 23.3 Å². The Labute approximate surface area is 132 Å². The molecule has 0 radical (unpaired) electrons. The van der Waals surface area contributed by atoms with Crippen molar-refractivity contribution in [3.63, 3.8) is 0 Å². The van der Waals surface area contributed by atoms with Crippen LogP contribution in [0.25, 0.3) is 0 Å². The average molecular weight is 301 g/mol. The quantitative estimate of drug-likeness (QED) is 0.723. The first-order valence-electron chi connectivity index (χ1n) is 8.74. The third-order valence-electron chi connectivity index (χ3n) is 7.47. The van der Waals surface area contributed by atoms with Crippen LogP contribution in [0.3, 0.4) is 0 Å². The van der Waals surface area contributed by atoms with Gasteiger partial charge in [0.05, 0.1) is 12.1 Å². The van der Waals surface area contributed by atoms with Crippen LogP contribution in [0.4, 0.5) is 0 Å².